The summed E-state index contributed by atoms with van der Waals surface area (Å²) in [5, 5.41) is 1.16. The summed E-state index contributed by atoms with van der Waals surface area (Å²) in [4.78, 5) is 20.6. The van der Waals surface area contributed by atoms with Crippen LogP contribution in [0, 0.1) is 5.92 Å². The number of pyridine rings is 1. The van der Waals surface area contributed by atoms with Crippen LogP contribution in [0.5, 0.6) is 0 Å². The highest BCUT2D eigenvalue weighted by Gasteiger charge is 2.34. The number of amides is 1. The predicted octanol–water partition coefficient (Wildman–Crippen LogP) is 2.16. The minimum absolute atomic E-state index is 0.108. The molecule has 1 aromatic carbocycles. The van der Waals surface area contributed by atoms with Gasteiger partial charge in [-0.05, 0) is 11.6 Å². The van der Waals surface area contributed by atoms with Gasteiger partial charge < -0.3 is 9.64 Å². The van der Waals surface area contributed by atoms with Gasteiger partial charge in [0.25, 0.3) is 0 Å². The average molecular weight is 327 g/mol. The predicted molar refractivity (Wildman–Crippen MR) is 94.6 cm³/mol. The van der Waals surface area contributed by atoms with E-state index < -0.39 is 0 Å². The number of carbonyl (C=O) groups is 1. The highest BCUT2D eigenvalue weighted by Crippen LogP contribution is 2.26. The Labute approximate surface area is 143 Å². The van der Waals surface area contributed by atoms with Crippen LogP contribution in [0.4, 0.5) is 0 Å². The molecule has 2 aromatic rings. The van der Waals surface area contributed by atoms with E-state index in [2.05, 4.69) is 34.1 Å². The molecule has 0 spiro atoms. The van der Waals surface area contributed by atoms with Gasteiger partial charge in [0.15, 0.2) is 0 Å². The van der Waals surface area contributed by atoms with Crippen molar-refractivity contribution in [3.8, 4) is 0 Å². The molecule has 1 amide bonds. The lowest BCUT2D eigenvalue weighted by Crippen LogP contribution is -2.29. The van der Waals surface area contributed by atoms with Crippen molar-refractivity contribution in [1.82, 2.24) is 14.8 Å². The van der Waals surface area contributed by atoms with Crippen LogP contribution in [0.15, 0.2) is 36.5 Å². The maximum absolute atomic E-state index is 12.0. The fourth-order valence-corrected chi connectivity index (χ4v) is 3.46. The maximum atomic E-state index is 12.0. The first-order chi connectivity index (χ1) is 11.6. The van der Waals surface area contributed by atoms with E-state index in [-0.39, 0.29) is 17.9 Å². The molecule has 1 aliphatic rings. The number of carbonyl (C=O) groups excluding carboxylic acids is 1. The topological polar surface area (TPSA) is 45.7 Å². The summed E-state index contributed by atoms with van der Waals surface area (Å²) in [5.74, 6) is 0.406. The maximum Gasteiger partial charge on any atom is 0.222 e. The molecule has 2 atom stereocenters. The van der Waals surface area contributed by atoms with Crippen molar-refractivity contribution in [2.45, 2.75) is 19.1 Å². The van der Waals surface area contributed by atoms with Crippen molar-refractivity contribution in [3.05, 3.63) is 42.1 Å². The Balaban J connectivity index is 1.73. The Morgan fingerprint density at radius 3 is 2.83 bits per heavy atom. The molecule has 128 valence electrons. The number of aromatic nitrogens is 1. The summed E-state index contributed by atoms with van der Waals surface area (Å²) in [7, 11) is 5.35. The Bertz CT molecular complexity index is 711. The molecule has 1 aliphatic heterocycles. The molecule has 0 N–H and O–H groups in total. The zero-order valence-corrected chi connectivity index (χ0v) is 14.6. The van der Waals surface area contributed by atoms with Gasteiger partial charge in [-0.1, -0.05) is 24.3 Å². The summed E-state index contributed by atoms with van der Waals surface area (Å²) in [6, 6.07) is 10.4. The van der Waals surface area contributed by atoms with Crippen LogP contribution >= 0.6 is 0 Å². The number of nitrogens with zero attached hydrogens (tertiary/aromatic N) is 3. The Kier molecular flexibility index (Phi) is 5.11. The average Bonchev–Trinajstić information content (AvgIpc) is 2.96. The third-order valence-electron chi connectivity index (χ3n) is 4.81. The first kappa shape index (κ1) is 16.9. The fourth-order valence-electron chi connectivity index (χ4n) is 3.46. The molecular weight excluding hydrogens is 302 g/mol. The second-order valence-corrected chi connectivity index (χ2v) is 6.71. The number of benzene rings is 1. The molecule has 5 heteroatoms. The van der Waals surface area contributed by atoms with E-state index in [4.69, 9.17) is 4.74 Å². The van der Waals surface area contributed by atoms with Gasteiger partial charge in [0, 0.05) is 64.8 Å². The molecule has 0 saturated carbocycles. The minimum atomic E-state index is 0.108. The van der Waals surface area contributed by atoms with Gasteiger partial charge >= 0.3 is 0 Å². The molecule has 0 unspecified atom stereocenters. The van der Waals surface area contributed by atoms with Crippen molar-refractivity contribution in [2.75, 3.05) is 34.3 Å². The molecule has 24 heavy (non-hydrogen) atoms. The van der Waals surface area contributed by atoms with Crippen molar-refractivity contribution in [2.24, 2.45) is 5.92 Å². The summed E-state index contributed by atoms with van der Waals surface area (Å²) in [6.07, 6.45) is 2.49. The van der Waals surface area contributed by atoms with Crippen molar-refractivity contribution < 1.29 is 9.53 Å². The van der Waals surface area contributed by atoms with E-state index in [1.165, 1.54) is 5.56 Å². The summed E-state index contributed by atoms with van der Waals surface area (Å²) >= 11 is 0. The van der Waals surface area contributed by atoms with E-state index in [0.717, 1.165) is 30.5 Å². The van der Waals surface area contributed by atoms with Crippen molar-refractivity contribution in [1.29, 1.82) is 0 Å². The zero-order chi connectivity index (χ0) is 17.1. The lowest BCUT2D eigenvalue weighted by molar-refractivity contribution is -0.130. The normalized spacial score (nSPS) is 21.3. The first-order valence-corrected chi connectivity index (χ1v) is 8.36. The number of rotatable bonds is 5. The Hall–Kier alpha value is -1.98. The Morgan fingerprint density at radius 2 is 2.08 bits per heavy atom. The molecule has 1 aromatic heterocycles. The van der Waals surface area contributed by atoms with Gasteiger partial charge in [-0.3, -0.25) is 14.7 Å². The highest BCUT2D eigenvalue weighted by molar-refractivity contribution is 5.81. The van der Waals surface area contributed by atoms with Gasteiger partial charge in [0.05, 0.1) is 11.6 Å². The number of para-hydroxylation sites is 1. The largest absolute Gasteiger partial charge is 0.380 e. The first-order valence-electron chi connectivity index (χ1n) is 8.36. The molecule has 0 bridgehead atoms. The summed E-state index contributed by atoms with van der Waals surface area (Å²) < 4.78 is 5.63. The molecule has 1 saturated heterocycles. The number of hydrogen-bond acceptors (Lipinski definition) is 4. The molecule has 2 heterocycles. The lowest BCUT2D eigenvalue weighted by Gasteiger charge is -2.18. The number of ether oxygens (including phenoxy) is 1. The Morgan fingerprint density at radius 1 is 1.29 bits per heavy atom. The van der Waals surface area contributed by atoms with E-state index in [1.54, 1.807) is 26.1 Å². The standard InChI is InChI=1S/C19H25N3O2/c1-21(2)18(23)10-16-12-22(13-17(16)24-3)11-15-7-4-6-14-8-5-9-20-19(14)15/h4-9,16-17H,10-13H2,1-3H3/t16-,17-/m0/s1. The van der Waals surface area contributed by atoms with Crippen LogP contribution in [0.3, 0.4) is 0 Å². The molecule has 1 fully saturated rings. The second-order valence-electron chi connectivity index (χ2n) is 6.71. The van der Waals surface area contributed by atoms with Crippen molar-refractivity contribution in [3.63, 3.8) is 0 Å². The monoisotopic (exact) mass is 327 g/mol. The van der Waals surface area contributed by atoms with Gasteiger partial charge in [0.2, 0.25) is 5.91 Å². The van der Waals surface area contributed by atoms with Crippen LogP contribution < -0.4 is 0 Å². The third kappa shape index (κ3) is 3.57. The number of methoxy groups -OCH3 is 1. The smallest absolute Gasteiger partial charge is 0.222 e. The number of likely N-dealkylation sites (tertiary alicyclic amines) is 1. The van der Waals surface area contributed by atoms with Gasteiger partial charge in [-0.2, -0.15) is 0 Å². The molecule has 3 rings (SSSR count). The molecule has 0 aliphatic carbocycles. The van der Waals surface area contributed by atoms with E-state index in [1.807, 2.05) is 12.3 Å². The van der Waals surface area contributed by atoms with E-state index >= 15 is 0 Å². The highest BCUT2D eigenvalue weighted by atomic mass is 16.5. The zero-order valence-electron chi connectivity index (χ0n) is 14.6. The van der Waals surface area contributed by atoms with Crippen molar-refractivity contribution >= 4 is 16.8 Å². The van der Waals surface area contributed by atoms with Gasteiger partial charge in [-0.15, -0.1) is 0 Å². The van der Waals surface area contributed by atoms with E-state index in [9.17, 15) is 4.79 Å². The lowest BCUT2D eigenvalue weighted by atomic mass is 10.0. The SMILES string of the molecule is CO[C@H]1CN(Cc2cccc3cccnc23)C[C@@H]1CC(=O)N(C)C. The van der Waals surface area contributed by atoms with Crippen LogP contribution in [-0.2, 0) is 16.1 Å². The number of hydrogen-bond donors (Lipinski definition) is 0. The van der Waals surface area contributed by atoms with E-state index in [0.29, 0.717) is 6.42 Å². The fraction of sp³-hybridized carbons (Fsp3) is 0.474. The van der Waals surface area contributed by atoms with Crippen LogP contribution in [0.2, 0.25) is 0 Å². The van der Waals surface area contributed by atoms with Crippen LogP contribution in [0.25, 0.3) is 10.9 Å². The van der Waals surface area contributed by atoms with Gasteiger partial charge in [0.1, 0.15) is 0 Å². The van der Waals surface area contributed by atoms with Crippen LogP contribution in [-0.4, -0.2) is 61.1 Å². The number of fused-ring (bicyclic) bond motifs is 1. The summed E-state index contributed by atoms with van der Waals surface area (Å²) in [6.45, 7) is 2.56. The molecule has 5 nitrogen and oxygen atoms in total. The quantitative estimate of drug-likeness (QED) is 0.844. The second kappa shape index (κ2) is 7.28. The van der Waals surface area contributed by atoms with Crippen LogP contribution in [0.1, 0.15) is 12.0 Å². The molecular formula is C19H25N3O2. The molecule has 0 radical (unpaired) electrons. The minimum Gasteiger partial charge on any atom is -0.380 e. The van der Waals surface area contributed by atoms with Gasteiger partial charge in [-0.25, -0.2) is 0 Å². The third-order valence-corrected chi connectivity index (χ3v) is 4.81. The summed E-state index contributed by atoms with van der Waals surface area (Å²) in [5.41, 5.74) is 2.28.